The van der Waals surface area contributed by atoms with Gasteiger partial charge in [-0.05, 0) is 42.0 Å². The number of anilines is 1. The Kier molecular flexibility index (Phi) is 6.55. The molecule has 0 unspecified atom stereocenters. The minimum Gasteiger partial charge on any atom is -0.496 e. The summed E-state index contributed by atoms with van der Waals surface area (Å²) < 4.78 is 5.39. The van der Waals surface area contributed by atoms with E-state index in [0.717, 1.165) is 32.4 Å². The molecule has 35 heavy (non-hydrogen) atoms. The Hall–Kier alpha value is -4.03. The van der Waals surface area contributed by atoms with E-state index in [2.05, 4.69) is 5.32 Å². The molecule has 4 aromatic carbocycles. The fourth-order valence-corrected chi connectivity index (χ4v) is 5.17. The molecule has 0 radical (unpaired) electrons. The fraction of sp³-hybridized carbons (Fsp3) is 0.103. The van der Waals surface area contributed by atoms with Gasteiger partial charge in [0.15, 0.2) is 0 Å². The van der Waals surface area contributed by atoms with E-state index in [1.165, 1.54) is 0 Å². The molecule has 5 nitrogen and oxygen atoms in total. The lowest BCUT2D eigenvalue weighted by Gasteiger charge is -2.24. The third-order valence-electron chi connectivity index (χ3n) is 5.91. The molecule has 0 spiro atoms. The summed E-state index contributed by atoms with van der Waals surface area (Å²) in [4.78, 5) is 30.4. The molecule has 2 amide bonds. The van der Waals surface area contributed by atoms with Crippen LogP contribution in [0.25, 0.3) is 0 Å². The van der Waals surface area contributed by atoms with Gasteiger partial charge in [0.2, 0.25) is 0 Å². The molecule has 0 aliphatic carbocycles. The maximum atomic E-state index is 13.7. The molecule has 6 heteroatoms. The predicted molar refractivity (Wildman–Crippen MR) is 138 cm³/mol. The number of nitrogens with one attached hydrogen (secondary N) is 1. The van der Waals surface area contributed by atoms with Crippen LogP contribution in [0.1, 0.15) is 31.8 Å². The Morgan fingerprint density at radius 2 is 1.63 bits per heavy atom. The largest absolute Gasteiger partial charge is 0.496 e. The standard InChI is InChI=1S/C29H24N2O3S/c1-34-25-13-7-5-11-22(25)18-30-28(32)21-15-16-27-24(17-21)31(19-20-9-3-2-4-10-20)29(33)23-12-6-8-14-26(23)35-27/h2-17H,18-19H2,1H3,(H,30,32). The van der Waals surface area contributed by atoms with Crippen LogP contribution in [0.4, 0.5) is 5.69 Å². The van der Waals surface area contributed by atoms with Crippen LogP contribution < -0.4 is 15.0 Å². The molecule has 1 heterocycles. The normalized spacial score (nSPS) is 12.4. The van der Waals surface area contributed by atoms with Crippen LogP contribution in [0.5, 0.6) is 5.75 Å². The number of methoxy groups -OCH3 is 1. The zero-order valence-electron chi connectivity index (χ0n) is 19.2. The highest BCUT2D eigenvalue weighted by Gasteiger charge is 2.28. The van der Waals surface area contributed by atoms with Crippen LogP contribution in [0.2, 0.25) is 0 Å². The van der Waals surface area contributed by atoms with Gasteiger partial charge in [0, 0.05) is 27.5 Å². The average Bonchev–Trinajstić information content (AvgIpc) is 3.02. The molecule has 4 aromatic rings. The van der Waals surface area contributed by atoms with Crippen LogP contribution >= 0.6 is 11.8 Å². The lowest BCUT2D eigenvalue weighted by Crippen LogP contribution is -2.31. The molecular formula is C29H24N2O3S. The molecule has 1 aliphatic rings. The zero-order valence-corrected chi connectivity index (χ0v) is 20.0. The monoisotopic (exact) mass is 480 g/mol. The third kappa shape index (κ3) is 4.79. The molecule has 0 bridgehead atoms. The van der Waals surface area contributed by atoms with Gasteiger partial charge >= 0.3 is 0 Å². The Morgan fingerprint density at radius 1 is 0.886 bits per heavy atom. The summed E-state index contributed by atoms with van der Waals surface area (Å²) in [5.74, 6) is 0.434. The van der Waals surface area contributed by atoms with Crippen molar-refractivity contribution in [2.45, 2.75) is 22.9 Å². The minimum atomic E-state index is -0.211. The number of benzene rings is 4. The number of hydrogen-bond acceptors (Lipinski definition) is 4. The van der Waals surface area contributed by atoms with Crippen molar-refractivity contribution in [2.75, 3.05) is 12.0 Å². The summed E-state index contributed by atoms with van der Waals surface area (Å²) in [6, 6.07) is 30.6. The second kappa shape index (κ2) is 10.1. The first-order valence-electron chi connectivity index (χ1n) is 11.3. The first-order chi connectivity index (χ1) is 17.1. The Bertz CT molecular complexity index is 1390. The number of amides is 2. The number of rotatable bonds is 6. The number of hydrogen-bond donors (Lipinski definition) is 1. The van der Waals surface area contributed by atoms with Crippen molar-refractivity contribution in [1.82, 2.24) is 5.32 Å². The summed E-state index contributed by atoms with van der Waals surface area (Å²) in [5.41, 5.74) is 3.79. The summed E-state index contributed by atoms with van der Waals surface area (Å²) in [5, 5.41) is 2.98. The van der Waals surface area contributed by atoms with Crippen molar-refractivity contribution in [3.05, 3.63) is 119 Å². The molecule has 0 saturated carbocycles. The van der Waals surface area contributed by atoms with Gasteiger partial charge in [0.05, 0.1) is 24.9 Å². The summed E-state index contributed by atoms with van der Waals surface area (Å²) in [7, 11) is 1.61. The number of carbonyl (C=O) groups excluding carboxylic acids is 2. The molecule has 0 atom stereocenters. The topological polar surface area (TPSA) is 58.6 Å². The molecule has 0 saturated heterocycles. The summed E-state index contributed by atoms with van der Waals surface area (Å²) in [6.45, 7) is 0.751. The van der Waals surface area contributed by atoms with Crippen LogP contribution in [0.15, 0.2) is 107 Å². The second-order valence-electron chi connectivity index (χ2n) is 8.15. The third-order valence-corrected chi connectivity index (χ3v) is 7.05. The molecule has 5 rings (SSSR count). The highest BCUT2D eigenvalue weighted by atomic mass is 32.2. The molecular weight excluding hydrogens is 456 g/mol. The van der Waals surface area contributed by atoms with E-state index in [1.807, 2.05) is 97.1 Å². The second-order valence-corrected chi connectivity index (χ2v) is 9.24. The van der Waals surface area contributed by atoms with E-state index < -0.39 is 0 Å². The Labute approximate surface area is 208 Å². The number of fused-ring (bicyclic) bond motifs is 2. The number of nitrogens with zero attached hydrogens (tertiary/aromatic N) is 1. The molecule has 174 valence electrons. The quantitative estimate of drug-likeness (QED) is 0.371. The first-order valence-corrected chi connectivity index (χ1v) is 12.1. The first kappa shape index (κ1) is 22.7. The fourth-order valence-electron chi connectivity index (χ4n) is 4.11. The SMILES string of the molecule is COc1ccccc1CNC(=O)c1ccc2c(c1)N(Cc1ccccc1)C(=O)c1ccccc1S2. The maximum absolute atomic E-state index is 13.7. The van der Waals surface area contributed by atoms with Crippen molar-refractivity contribution in [1.29, 1.82) is 0 Å². The van der Waals surface area contributed by atoms with E-state index >= 15 is 0 Å². The summed E-state index contributed by atoms with van der Waals surface area (Å²) >= 11 is 1.55. The van der Waals surface area contributed by atoms with Gasteiger partial charge in [-0.15, -0.1) is 0 Å². The van der Waals surface area contributed by atoms with E-state index in [9.17, 15) is 9.59 Å². The lowest BCUT2D eigenvalue weighted by atomic mass is 10.1. The molecule has 0 fully saturated rings. The van der Waals surface area contributed by atoms with Gasteiger partial charge in [-0.3, -0.25) is 9.59 Å². The van der Waals surface area contributed by atoms with Gasteiger partial charge in [-0.25, -0.2) is 0 Å². The number of ether oxygens (including phenoxy) is 1. The molecule has 1 aliphatic heterocycles. The van der Waals surface area contributed by atoms with Gasteiger partial charge in [-0.2, -0.15) is 0 Å². The van der Waals surface area contributed by atoms with Gasteiger partial charge in [-0.1, -0.05) is 72.4 Å². The van der Waals surface area contributed by atoms with Crippen LogP contribution in [-0.2, 0) is 13.1 Å². The minimum absolute atomic E-state index is 0.0812. The number of para-hydroxylation sites is 1. The van der Waals surface area contributed by atoms with Crippen LogP contribution in [0, 0.1) is 0 Å². The smallest absolute Gasteiger partial charge is 0.259 e. The molecule has 0 aromatic heterocycles. The van der Waals surface area contributed by atoms with Crippen molar-refractivity contribution in [2.24, 2.45) is 0 Å². The number of carbonyl (C=O) groups is 2. The summed E-state index contributed by atoms with van der Waals surface area (Å²) in [6.07, 6.45) is 0. The van der Waals surface area contributed by atoms with E-state index in [0.29, 0.717) is 24.2 Å². The van der Waals surface area contributed by atoms with Crippen molar-refractivity contribution >= 4 is 29.3 Å². The Morgan fingerprint density at radius 3 is 2.46 bits per heavy atom. The maximum Gasteiger partial charge on any atom is 0.259 e. The average molecular weight is 481 g/mol. The predicted octanol–water partition coefficient (Wildman–Crippen LogP) is 5.94. The van der Waals surface area contributed by atoms with E-state index in [4.69, 9.17) is 4.74 Å². The highest BCUT2D eigenvalue weighted by Crippen LogP contribution is 2.42. The van der Waals surface area contributed by atoms with Gasteiger partial charge in [0.25, 0.3) is 11.8 Å². The van der Waals surface area contributed by atoms with Crippen molar-refractivity contribution in [3.63, 3.8) is 0 Å². The van der Waals surface area contributed by atoms with Crippen molar-refractivity contribution < 1.29 is 14.3 Å². The van der Waals surface area contributed by atoms with Crippen molar-refractivity contribution in [3.8, 4) is 5.75 Å². The Balaban J connectivity index is 1.48. The highest BCUT2D eigenvalue weighted by molar-refractivity contribution is 7.99. The van der Waals surface area contributed by atoms with Crippen LogP contribution in [-0.4, -0.2) is 18.9 Å². The molecule has 1 N–H and O–H groups in total. The van der Waals surface area contributed by atoms with E-state index in [-0.39, 0.29) is 11.8 Å². The zero-order chi connectivity index (χ0) is 24.2. The van der Waals surface area contributed by atoms with Gasteiger partial charge in [0.1, 0.15) is 5.75 Å². The van der Waals surface area contributed by atoms with Gasteiger partial charge < -0.3 is 15.0 Å². The van der Waals surface area contributed by atoms with Crippen LogP contribution in [0.3, 0.4) is 0 Å². The van der Waals surface area contributed by atoms with E-state index in [1.54, 1.807) is 23.8 Å². The lowest BCUT2D eigenvalue weighted by molar-refractivity contribution is 0.0947.